The maximum Gasteiger partial charge on any atom is 0.269 e. The van der Waals surface area contributed by atoms with Crippen LogP contribution in [0.15, 0.2) is 30.3 Å². The van der Waals surface area contributed by atoms with E-state index in [1.807, 2.05) is 0 Å². The van der Waals surface area contributed by atoms with E-state index < -0.39 is 5.82 Å². The highest BCUT2D eigenvalue weighted by Gasteiger charge is 2.23. The fourth-order valence-electron chi connectivity index (χ4n) is 3.15. The molecular formula is C18H21FN4O2. The second kappa shape index (κ2) is 7.57. The van der Waals surface area contributed by atoms with Crippen molar-refractivity contribution in [1.29, 1.82) is 0 Å². The van der Waals surface area contributed by atoms with Gasteiger partial charge in [0, 0.05) is 25.0 Å². The van der Waals surface area contributed by atoms with Gasteiger partial charge in [-0.1, -0.05) is 18.2 Å². The Balaban J connectivity index is 1.56. The van der Waals surface area contributed by atoms with Crippen LogP contribution in [0.25, 0.3) is 10.9 Å². The lowest BCUT2D eigenvalue weighted by Gasteiger charge is -2.31. The topological polar surface area (TPSA) is 88.3 Å². The van der Waals surface area contributed by atoms with Gasteiger partial charge in [0.05, 0.1) is 5.92 Å². The van der Waals surface area contributed by atoms with Crippen molar-refractivity contribution in [2.24, 2.45) is 11.7 Å². The molecule has 2 amide bonds. The molecule has 1 saturated heterocycles. The third-order valence-corrected chi connectivity index (χ3v) is 4.53. The number of nitrogens with two attached hydrogens (primary N) is 1. The molecule has 6 nitrogen and oxygen atoms in total. The molecule has 1 atom stereocenters. The van der Waals surface area contributed by atoms with E-state index in [9.17, 15) is 14.0 Å². The van der Waals surface area contributed by atoms with Gasteiger partial charge < -0.3 is 16.0 Å². The fraction of sp³-hybridized carbons (Fsp3) is 0.389. The summed E-state index contributed by atoms with van der Waals surface area (Å²) >= 11 is 0. The predicted octanol–water partition coefficient (Wildman–Crippen LogP) is 1.30. The molecule has 1 unspecified atom stereocenters. The number of aromatic nitrogens is 1. The van der Waals surface area contributed by atoms with Crippen molar-refractivity contribution < 1.29 is 14.0 Å². The number of benzene rings is 1. The van der Waals surface area contributed by atoms with Gasteiger partial charge in [-0.2, -0.15) is 0 Å². The van der Waals surface area contributed by atoms with Crippen LogP contribution in [0.3, 0.4) is 0 Å². The summed E-state index contributed by atoms with van der Waals surface area (Å²) in [6.45, 7) is 2.59. The number of nitrogens with zero attached hydrogens (tertiary/aromatic N) is 2. The van der Waals surface area contributed by atoms with Crippen LogP contribution in [0.1, 0.15) is 23.3 Å². The van der Waals surface area contributed by atoms with Crippen molar-refractivity contribution in [3.8, 4) is 0 Å². The van der Waals surface area contributed by atoms with E-state index in [0.717, 1.165) is 19.4 Å². The summed E-state index contributed by atoms with van der Waals surface area (Å²) in [6.07, 6.45) is 1.75. The minimum atomic E-state index is -0.446. The average molecular weight is 344 g/mol. The number of pyridine rings is 1. The Kier molecular flexibility index (Phi) is 5.23. The monoisotopic (exact) mass is 344 g/mol. The molecule has 0 aliphatic carbocycles. The van der Waals surface area contributed by atoms with Crippen LogP contribution in [0.5, 0.6) is 0 Å². The standard InChI is InChI=1S/C18H21FN4O2/c19-14-5-1-3-12-6-7-15(22-16(12)14)18(25)21-8-10-23-9-2-4-13(11-23)17(20)24/h1,3,5-7,13H,2,4,8-11H2,(H2,20,24)(H,21,25). The molecule has 25 heavy (non-hydrogen) atoms. The molecule has 1 aliphatic heterocycles. The number of halogens is 1. The van der Waals surface area contributed by atoms with Crippen molar-refractivity contribution >= 4 is 22.7 Å². The molecule has 0 bridgehead atoms. The lowest BCUT2D eigenvalue weighted by atomic mass is 9.97. The largest absolute Gasteiger partial charge is 0.369 e. The number of carbonyl (C=O) groups is 2. The van der Waals surface area contributed by atoms with Crippen molar-refractivity contribution in [2.45, 2.75) is 12.8 Å². The summed E-state index contributed by atoms with van der Waals surface area (Å²) in [5.74, 6) is -1.17. The molecule has 1 fully saturated rings. The Morgan fingerprint density at radius 3 is 2.96 bits per heavy atom. The highest BCUT2D eigenvalue weighted by Crippen LogP contribution is 2.16. The maximum absolute atomic E-state index is 13.8. The van der Waals surface area contributed by atoms with Gasteiger partial charge in [-0.15, -0.1) is 0 Å². The number of primary amides is 1. The lowest BCUT2D eigenvalue weighted by molar-refractivity contribution is -0.123. The third kappa shape index (κ3) is 4.11. The summed E-state index contributed by atoms with van der Waals surface area (Å²) in [5.41, 5.74) is 5.74. The SMILES string of the molecule is NC(=O)C1CCCN(CCNC(=O)c2ccc3cccc(F)c3n2)C1. The van der Waals surface area contributed by atoms with Crippen LogP contribution < -0.4 is 11.1 Å². The lowest BCUT2D eigenvalue weighted by Crippen LogP contribution is -2.44. The van der Waals surface area contributed by atoms with Crippen LogP contribution in [-0.4, -0.2) is 47.9 Å². The first kappa shape index (κ1) is 17.3. The van der Waals surface area contributed by atoms with E-state index in [-0.39, 0.29) is 28.9 Å². The summed E-state index contributed by atoms with van der Waals surface area (Å²) in [5, 5.41) is 3.45. The van der Waals surface area contributed by atoms with Crippen LogP contribution in [0.2, 0.25) is 0 Å². The molecule has 3 rings (SSSR count). The zero-order valence-corrected chi connectivity index (χ0v) is 13.9. The predicted molar refractivity (Wildman–Crippen MR) is 92.4 cm³/mol. The number of likely N-dealkylation sites (tertiary alicyclic amines) is 1. The van der Waals surface area contributed by atoms with Gasteiger partial charge in [0.15, 0.2) is 0 Å². The summed E-state index contributed by atoms with van der Waals surface area (Å²) in [7, 11) is 0. The van der Waals surface area contributed by atoms with Gasteiger partial charge in [0.2, 0.25) is 5.91 Å². The number of hydrogen-bond donors (Lipinski definition) is 2. The Morgan fingerprint density at radius 2 is 2.16 bits per heavy atom. The first-order valence-corrected chi connectivity index (χ1v) is 8.40. The Labute approximate surface area is 145 Å². The first-order chi connectivity index (χ1) is 12.0. The van der Waals surface area contributed by atoms with Crippen molar-refractivity contribution in [1.82, 2.24) is 15.2 Å². The van der Waals surface area contributed by atoms with E-state index in [1.165, 1.54) is 6.07 Å². The summed E-state index contributed by atoms with van der Waals surface area (Å²) in [4.78, 5) is 29.7. The van der Waals surface area contributed by atoms with Crippen LogP contribution in [-0.2, 0) is 4.79 Å². The second-order valence-corrected chi connectivity index (χ2v) is 6.31. The van der Waals surface area contributed by atoms with Crippen LogP contribution in [0.4, 0.5) is 4.39 Å². The first-order valence-electron chi connectivity index (χ1n) is 8.40. The molecule has 1 aromatic heterocycles. The quantitative estimate of drug-likeness (QED) is 0.856. The van der Waals surface area contributed by atoms with Gasteiger partial charge >= 0.3 is 0 Å². The van der Waals surface area contributed by atoms with E-state index in [1.54, 1.807) is 24.3 Å². The van der Waals surface area contributed by atoms with Gasteiger partial charge in [-0.05, 0) is 31.5 Å². The number of fused-ring (bicyclic) bond motifs is 1. The molecule has 0 radical (unpaired) electrons. The third-order valence-electron chi connectivity index (χ3n) is 4.53. The van der Waals surface area contributed by atoms with Crippen LogP contribution >= 0.6 is 0 Å². The van der Waals surface area contributed by atoms with Crippen molar-refractivity contribution in [3.05, 3.63) is 41.8 Å². The minimum Gasteiger partial charge on any atom is -0.369 e. The van der Waals surface area contributed by atoms with E-state index in [4.69, 9.17) is 5.73 Å². The van der Waals surface area contributed by atoms with Gasteiger partial charge in [0.25, 0.3) is 5.91 Å². The van der Waals surface area contributed by atoms with E-state index >= 15 is 0 Å². The minimum absolute atomic E-state index is 0.116. The average Bonchev–Trinajstić information content (AvgIpc) is 2.62. The molecule has 0 spiro atoms. The summed E-state index contributed by atoms with van der Waals surface area (Å²) in [6, 6.07) is 7.95. The highest BCUT2D eigenvalue weighted by atomic mass is 19.1. The Hall–Kier alpha value is -2.54. The van der Waals surface area contributed by atoms with Gasteiger partial charge in [0.1, 0.15) is 17.0 Å². The van der Waals surface area contributed by atoms with Crippen molar-refractivity contribution in [2.75, 3.05) is 26.2 Å². The zero-order valence-electron chi connectivity index (χ0n) is 13.9. The molecule has 2 heterocycles. The maximum atomic E-state index is 13.8. The van der Waals surface area contributed by atoms with E-state index in [0.29, 0.717) is 25.0 Å². The number of carbonyl (C=O) groups excluding carboxylic acids is 2. The Bertz CT molecular complexity index is 796. The summed E-state index contributed by atoms with van der Waals surface area (Å²) < 4.78 is 13.8. The number of rotatable bonds is 5. The number of para-hydroxylation sites is 1. The number of hydrogen-bond acceptors (Lipinski definition) is 4. The number of piperidine rings is 1. The molecule has 2 aromatic rings. The molecular weight excluding hydrogens is 323 g/mol. The van der Waals surface area contributed by atoms with E-state index in [2.05, 4.69) is 15.2 Å². The molecule has 3 N–H and O–H groups in total. The number of amides is 2. The van der Waals surface area contributed by atoms with Gasteiger partial charge in [-0.25, -0.2) is 9.37 Å². The molecule has 132 valence electrons. The van der Waals surface area contributed by atoms with Crippen molar-refractivity contribution in [3.63, 3.8) is 0 Å². The smallest absolute Gasteiger partial charge is 0.269 e. The van der Waals surface area contributed by atoms with Gasteiger partial charge in [-0.3, -0.25) is 9.59 Å². The molecule has 0 saturated carbocycles. The number of nitrogens with one attached hydrogen (secondary N) is 1. The van der Waals surface area contributed by atoms with Crippen LogP contribution in [0, 0.1) is 11.7 Å². The normalized spacial score (nSPS) is 18.2. The molecule has 1 aliphatic rings. The Morgan fingerprint density at radius 1 is 1.32 bits per heavy atom. The second-order valence-electron chi connectivity index (χ2n) is 6.31. The molecule has 1 aromatic carbocycles. The highest BCUT2D eigenvalue weighted by molar-refractivity contribution is 5.94. The zero-order chi connectivity index (χ0) is 17.8. The fourth-order valence-corrected chi connectivity index (χ4v) is 3.15. The molecule has 7 heteroatoms.